The number of aliphatic hydroxyl groups excluding tert-OH is 1. The Balaban J connectivity index is 1.59. The Morgan fingerprint density at radius 2 is 1.93 bits per heavy atom. The van der Waals surface area contributed by atoms with Crippen molar-refractivity contribution in [2.75, 3.05) is 11.9 Å². The first-order valence-corrected chi connectivity index (χ1v) is 8.60. The van der Waals surface area contributed by atoms with Gasteiger partial charge in [0.15, 0.2) is 0 Å². The summed E-state index contributed by atoms with van der Waals surface area (Å²) in [6.45, 7) is 1.49. The van der Waals surface area contributed by atoms with Crippen LogP contribution in [0.1, 0.15) is 18.9 Å². The summed E-state index contributed by atoms with van der Waals surface area (Å²) in [5.41, 5.74) is -0.660. The molecule has 4 N–H and O–H groups in total. The van der Waals surface area contributed by atoms with Crippen LogP contribution in [0.5, 0.6) is 0 Å². The third-order valence-electron chi connectivity index (χ3n) is 4.74. The van der Waals surface area contributed by atoms with Crippen LogP contribution in [0.25, 0.3) is 0 Å². The number of hydrogen-bond donors (Lipinski definition) is 4. The molecule has 28 heavy (non-hydrogen) atoms. The van der Waals surface area contributed by atoms with Crippen molar-refractivity contribution in [3.8, 4) is 0 Å². The molecule has 0 aliphatic carbocycles. The molecule has 1 aromatic carbocycles. The lowest BCUT2D eigenvalue weighted by Crippen LogP contribution is -2.64. The van der Waals surface area contributed by atoms with Crippen molar-refractivity contribution in [3.05, 3.63) is 29.8 Å². The molecule has 0 bridgehead atoms. The number of carbonyl (C=O) groups is 3. The molecule has 2 saturated heterocycles. The van der Waals surface area contributed by atoms with Crippen LogP contribution in [-0.4, -0.2) is 58.6 Å². The molecule has 0 unspecified atom stereocenters. The summed E-state index contributed by atoms with van der Waals surface area (Å²) in [6.07, 6.45) is -5.32. The molecular formula is C17H19F3N4O4. The largest absolute Gasteiger partial charge is 0.416 e. The van der Waals surface area contributed by atoms with Gasteiger partial charge in [-0.05, 0) is 37.6 Å². The zero-order valence-corrected chi connectivity index (χ0v) is 14.8. The van der Waals surface area contributed by atoms with E-state index in [2.05, 4.69) is 16.0 Å². The molecule has 1 aromatic rings. The SMILES string of the molecule is C[C@@H](O)[C@@H]1NC(=O)[C@@H]2C[C@H](NC(=O)Nc3ccc(C(F)(F)F)cc3)CN2C1=O. The second kappa shape index (κ2) is 7.30. The average Bonchev–Trinajstić information content (AvgIpc) is 3.02. The number of rotatable bonds is 3. The van der Waals surface area contributed by atoms with E-state index in [0.29, 0.717) is 0 Å². The maximum atomic E-state index is 12.6. The first kappa shape index (κ1) is 19.9. The second-order valence-corrected chi connectivity index (χ2v) is 6.84. The lowest BCUT2D eigenvalue weighted by Gasteiger charge is -2.35. The fourth-order valence-corrected chi connectivity index (χ4v) is 3.34. The van der Waals surface area contributed by atoms with Gasteiger partial charge in [0.05, 0.1) is 17.7 Å². The monoisotopic (exact) mass is 400 g/mol. The number of anilines is 1. The number of piperazine rings is 1. The summed E-state index contributed by atoms with van der Waals surface area (Å²) in [5, 5.41) is 17.1. The lowest BCUT2D eigenvalue weighted by atomic mass is 10.0. The summed E-state index contributed by atoms with van der Waals surface area (Å²) in [6, 6.07) is 1.03. The van der Waals surface area contributed by atoms with Gasteiger partial charge in [0.25, 0.3) is 0 Å². The highest BCUT2D eigenvalue weighted by molar-refractivity contribution is 5.98. The van der Waals surface area contributed by atoms with Gasteiger partial charge in [-0.15, -0.1) is 0 Å². The van der Waals surface area contributed by atoms with E-state index >= 15 is 0 Å². The molecule has 152 valence electrons. The number of urea groups is 1. The van der Waals surface area contributed by atoms with E-state index in [9.17, 15) is 32.7 Å². The van der Waals surface area contributed by atoms with Crippen LogP contribution in [0.4, 0.5) is 23.7 Å². The number of carbonyl (C=O) groups excluding carboxylic acids is 3. The normalized spacial score (nSPS) is 25.8. The van der Waals surface area contributed by atoms with Crippen molar-refractivity contribution in [3.63, 3.8) is 0 Å². The number of hydrogen-bond acceptors (Lipinski definition) is 4. The highest BCUT2D eigenvalue weighted by Crippen LogP contribution is 2.30. The van der Waals surface area contributed by atoms with Crippen molar-refractivity contribution in [2.24, 2.45) is 0 Å². The van der Waals surface area contributed by atoms with Crippen LogP contribution in [-0.2, 0) is 15.8 Å². The van der Waals surface area contributed by atoms with Crippen LogP contribution in [0.3, 0.4) is 0 Å². The Morgan fingerprint density at radius 3 is 2.50 bits per heavy atom. The molecule has 0 aromatic heterocycles. The third kappa shape index (κ3) is 4.03. The Kier molecular flexibility index (Phi) is 5.20. The Labute approximate surface area is 158 Å². The molecule has 0 spiro atoms. The van der Waals surface area contributed by atoms with E-state index in [-0.39, 0.29) is 18.7 Å². The maximum Gasteiger partial charge on any atom is 0.416 e. The van der Waals surface area contributed by atoms with Crippen LogP contribution in [0, 0.1) is 0 Å². The summed E-state index contributed by atoms with van der Waals surface area (Å²) >= 11 is 0. The topological polar surface area (TPSA) is 111 Å². The molecule has 0 saturated carbocycles. The van der Waals surface area contributed by atoms with Crippen LogP contribution in [0.2, 0.25) is 0 Å². The molecule has 4 atom stereocenters. The van der Waals surface area contributed by atoms with Gasteiger partial charge in [-0.1, -0.05) is 0 Å². The minimum atomic E-state index is -4.47. The van der Waals surface area contributed by atoms with E-state index in [0.717, 1.165) is 24.3 Å². The zero-order chi connectivity index (χ0) is 20.6. The molecule has 11 heteroatoms. The van der Waals surface area contributed by atoms with Gasteiger partial charge >= 0.3 is 12.2 Å². The third-order valence-corrected chi connectivity index (χ3v) is 4.74. The molecule has 2 fully saturated rings. The van der Waals surface area contributed by atoms with Crippen molar-refractivity contribution < 1.29 is 32.7 Å². The van der Waals surface area contributed by atoms with Crippen molar-refractivity contribution >= 4 is 23.5 Å². The van der Waals surface area contributed by atoms with Gasteiger partial charge in [0.1, 0.15) is 12.1 Å². The smallest absolute Gasteiger partial charge is 0.391 e. The fourth-order valence-electron chi connectivity index (χ4n) is 3.34. The molecule has 2 aliphatic rings. The number of nitrogens with zero attached hydrogens (tertiary/aromatic N) is 1. The van der Waals surface area contributed by atoms with E-state index in [1.54, 1.807) is 0 Å². The van der Waals surface area contributed by atoms with Gasteiger partial charge in [-0.3, -0.25) is 9.59 Å². The predicted molar refractivity (Wildman–Crippen MR) is 91.1 cm³/mol. The first-order valence-electron chi connectivity index (χ1n) is 8.60. The number of benzene rings is 1. The van der Waals surface area contributed by atoms with Crippen LogP contribution < -0.4 is 16.0 Å². The van der Waals surface area contributed by atoms with Gasteiger partial charge in [0.2, 0.25) is 11.8 Å². The number of halogens is 3. The highest BCUT2D eigenvalue weighted by Gasteiger charge is 2.47. The Morgan fingerprint density at radius 1 is 1.29 bits per heavy atom. The molecule has 2 heterocycles. The van der Waals surface area contributed by atoms with Crippen molar-refractivity contribution in [1.82, 2.24) is 15.5 Å². The van der Waals surface area contributed by atoms with Crippen molar-refractivity contribution in [1.29, 1.82) is 0 Å². The number of nitrogens with one attached hydrogen (secondary N) is 3. The quantitative estimate of drug-likeness (QED) is 0.598. The van der Waals surface area contributed by atoms with E-state index in [1.165, 1.54) is 11.8 Å². The molecule has 2 aliphatic heterocycles. The maximum absolute atomic E-state index is 12.6. The number of aliphatic hydroxyl groups is 1. The fraction of sp³-hybridized carbons (Fsp3) is 0.471. The molecule has 0 radical (unpaired) electrons. The molecule has 8 nitrogen and oxygen atoms in total. The minimum absolute atomic E-state index is 0.0978. The van der Waals surface area contributed by atoms with E-state index < -0.39 is 53.8 Å². The standard InChI is InChI=1S/C17H19F3N4O4/c1-8(25)13-15(27)24-7-11(6-12(24)14(26)23-13)22-16(28)21-10-4-2-9(3-5-10)17(18,19)20/h2-5,8,11-13,25H,6-7H2,1H3,(H,23,26)(H2,21,22,28)/t8-,11+,12+,13+/m1/s1. The van der Waals surface area contributed by atoms with Crippen molar-refractivity contribution in [2.45, 2.75) is 43.8 Å². The van der Waals surface area contributed by atoms with Gasteiger partial charge in [0, 0.05) is 12.2 Å². The van der Waals surface area contributed by atoms with Crippen LogP contribution >= 0.6 is 0 Å². The summed E-state index contributed by atoms with van der Waals surface area (Å²) in [7, 11) is 0. The summed E-state index contributed by atoms with van der Waals surface area (Å²) < 4.78 is 37.7. The zero-order valence-electron chi connectivity index (χ0n) is 14.8. The summed E-state index contributed by atoms with van der Waals surface area (Å²) in [5.74, 6) is -0.829. The Hall–Kier alpha value is -2.82. The van der Waals surface area contributed by atoms with Crippen LogP contribution in [0.15, 0.2) is 24.3 Å². The average molecular weight is 400 g/mol. The van der Waals surface area contributed by atoms with Gasteiger partial charge in [-0.25, -0.2) is 4.79 Å². The molecule has 4 amide bonds. The van der Waals surface area contributed by atoms with Gasteiger partial charge in [-0.2, -0.15) is 13.2 Å². The Bertz CT molecular complexity index is 782. The lowest BCUT2D eigenvalue weighted by molar-refractivity contribution is -0.149. The second-order valence-electron chi connectivity index (χ2n) is 6.84. The van der Waals surface area contributed by atoms with E-state index in [1.807, 2.05) is 0 Å². The summed E-state index contributed by atoms with van der Waals surface area (Å²) in [4.78, 5) is 37.9. The molecule has 3 rings (SSSR count). The highest BCUT2D eigenvalue weighted by atomic mass is 19.4. The minimum Gasteiger partial charge on any atom is -0.391 e. The molecular weight excluding hydrogens is 381 g/mol. The number of amides is 4. The first-order chi connectivity index (χ1) is 13.1. The number of fused-ring (bicyclic) bond motifs is 1. The van der Waals surface area contributed by atoms with Gasteiger partial charge < -0.3 is 26.0 Å². The number of alkyl halides is 3. The predicted octanol–water partition coefficient (Wildman–Crippen LogP) is 0.676. The van der Waals surface area contributed by atoms with E-state index in [4.69, 9.17) is 0 Å².